The van der Waals surface area contributed by atoms with Gasteiger partial charge in [0.25, 0.3) is 0 Å². The minimum absolute atomic E-state index is 0.811. The highest BCUT2D eigenvalue weighted by Gasteiger charge is 2.00. The molecule has 0 amide bonds. The van der Waals surface area contributed by atoms with E-state index >= 15 is 0 Å². The van der Waals surface area contributed by atoms with Gasteiger partial charge in [-0.3, -0.25) is 0 Å². The van der Waals surface area contributed by atoms with Crippen molar-refractivity contribution in [3.63, 3.8) is 0 Å². The van der Waals surface area contributed by atoms with Crippen LogP contribution in [0.3, 0.4) is 0 Å². The summed E-state index contributed by atoms with van der Waals surface area (Å²) in [7, 11) is 0. The van der Waals surface area contributed by atoms with Crippen molar-refractivity contribution in [3.05, 3.63) is 65.7 Å². The van der Waals surface area contributed by atoms with Gasteiger partial charge in [-0.25, -0.2) is 0 Å². The number of hydrogen-bond acceptors (Lipinski definition) is 2. The van der Waals surface area contributed by atoms with Crippen LogP contribution in [0.4, 0.5) is 0 Å². The van der Waals surface area contributed by atoms with Gasteiger partial charge in [-0.15, -0.1) is 11.8 Å². The smallest absolute Gasteiger partial charge is 0.0235 e. The normalized spacial score (nSPS) is 10.3. The van der Waals surface area contributed by atoms with Crippen molar-refractivity contribution in [1.29, 1.82) is 0 Å². The monoisotopic (exact) mass is 246 g/mol. The third-order valence-electron chi connectivity index (χ3n) is 2.43. The molecule has 0 aromatic heterocycles. The van der Waals surface area contributed by atoms with Gasteiger partial charge < -0.3 is 0 Å². The molecule has 0 aliphatic heterocycles. The molecular weight excluding hydrogens is 232 g/mol. The molecule has 2 rings (SSSR count). The van der Waals surface area contributed by atoms with Crippen molar-refractivity contribution in [1.82, 2.24) is 0 Å². The third kappa shape index (κ3) is 3.06. The molecule has 0 spiro atoms. The molecule has 16 heavy (non-hydrogen) atoms. The molecule has 0 aliphatic carbocycles. The average Bonchev–Trinajstić information content (AvgIpc) is 2.38. The summed E-state index contributed by atoms with van der Waals surface area (Å²) in [6.07, 6.45) is 0. The molecule has 0 aliphatic rings. The molecule has 0 radical (unpaired) electrons. The van der Waals surface area contributed by atoms with E-state index in [0.29, 0.717) is 0 Å². The second-order valence-electron chi connectivity index (χ2n) is 3.53. The number of thiol groups is 1. The standard InChI is InChI=1S/C14H14S2/c15-10-12-6-4-5-7-13(12)11-16-14-8-2-1-3-9-14/h1-9,15H,10-11H2. The van der Waals surface area contributed by atoms with E-state index in [9.17, 15) is 0 Å². The van der Waals surface area contributed by atoms with E-state index in [1.807, 2.05) is 17.8 Å². The van der Waals surface area contributed by atoms with E-state index in [1.54, 1.807) is 0 Å². The van der Waals surface area contributed by atoms with E-state index < -0.39 is 0 Å². The molecule has 0 saturated carbocycles. The van der Waals surface area contributed by atoms with E-state index in [1.165, 1.54) is 16.0 Å². The summed E-state index contributed by atoms with van der Waals surface area (Å²) >= 11 is 6.22. The van der Waals surface area contributed by atoms with Gasteiger partial charge in [0.2, 0.25) is 0 Å². The van der Waals surface area contributed by atoms with Gasteiger partial charge in [-0.2, -0.15) is 12.6 Å². The highest BCUT2D eigenvalue weighted by atomic mass is 32.2. The lowest BCUT2D eigenvalue weighted by atomic mass is 10.1. The fraction of sp³-hybridized carbons (Fsp3) is 0.143. The lowest BCUT2D eigenvalue weighted by molar-refractivity contribution is 1.28. The summed E-state index contributed by atoms with van der Waals surface area (Å²) in [4.78, 5) is 1.32. The van der Waals surface area contributed by atoms with Crippen LogP contribution in [0.1, 0.15) is 11.1 Å². The van der Waals surface area contributed by atoms with Crippen LogP contribution >= 0.6 is 24.4 Å². The second-order valence-corrected chi connectivity index (χ2v) is 4.89. The maximum absolute atomic E-state index is 4.35. The highest BCUT2D eigenvalue weighted by molar-refractivity contribution is 7.98. The summed E-state index contributed by atoms with van der Waals surface area (Å²) in [5, 5.41) is 0. The van der Waals surface area contributed by atoms with Crippen LogP contribution in [0.25, 0.3) is 0 Å². The molecule has 0 nitrogen and oxygen atoms in total. The van der Waals surface area contributed by atoms with Gasteiger partial charge in [0.05, 0.1) is 0 Å². The Morgan fingerprint density at radius 2 is 1.44 bits per heavy atom. The number of rotatable bonds is 4. The number of thioether (sulfide) groups is 1. The zero-order valence-electron chi connectivity index (χ0n) is 8.97. The van der Waals surface area contributed by atoms with E-state index in [2.05, 4.69) is 61.2 Å². The molecule has 0 atom stereocenters. The molecule has 0 saturated heterocycles. The van der Waals surface area contributed by atoms with Crippen LogP contribution in [-0.2, 0) is 11.5 Å². The van der Waals surface area contributed by atoms with Crippen molar-refractivity contribution in [2.45, 2.75) is 16.4 Å². The molecule has 82 valence electrons. The fourth-order valence-electron chi connectivity index (χ4n) is 1.53. The first-order chi connectivity index (χ1) is 7.90. The molecule has 0 fully saturated rings. The molecule has 2 aromatic carbocycles. The van der Waals surface area contributed by atoms with Gasteiger partial charge in [-0.1, -0.05) is 42.5 Å². The number of benzene rings is 2. The fourth-order valence-corrected chi connectivity index (χ4v) is 2.79. The Balaban J connectivity index is 2.05. The Hall–Kier alpha value is -0.860. The first-order valence-corrected chi connectivity index (χ1v) is 6.87. The quantitative estimate of drug-likeness (QED) is 0.616. The van der Waals surface area contributed by atoms with Crippen LogP contribution in [0, 0.1) is 0 Å². The minimum Gasteiger partial charge on any atom is -0.175 e. The van der Waals surface area contributed by atoms with Gasteiger partial charge >= 0.3 is 0 Å². The Bertz CT molecular complexity index is 437. The van der Waals surface area contributed by atoms with Gasteiger partial charge in [0.1, 0.15) is 0 Å². The van der Waals surface area contributed by atoms with Crippen LogP contribution in [0.2, 0.25) is 0 Å². The van der Waals surface area contributed by atoms with Crippen molar-refractivity contribution < 1.29 is 0 Å². The maximum atomic E-state index is 4.35. The SMILES string of the molecule is SCc1ccccc1CSc1ccccc1. The molecule has 0 bridgehead atoms. The third-order valence-corrected chi connectivity index (χ3v) is 3.83. The molecule has 0 heterocycles. The predicted octanol–water partition coefficient (Wildman–Crippen LogP) is 4.41. The lowest BCUT2D eigenvalue weighted by Crippen LogP contribution is -1.88. The largest absolute Gasteiger partial charge is 0.175 e. The maximum Gasteiger partial charge on any atom is 0.0235 e. The minimum atomic E-state index is 0.811. The van der Waals surface area contributed by atoms with Crippen LogP contribution in [-0.4, -0.2) is 0 Å². The van der Waals surface area contributed by atoms with Crippen LogP contribution in [0.15, 0.2) is 59.5 Å². The van der Waals surface area contributed by atoms with E-state index in [4.69, 9.17) is 0 Å². The zero-order chi connectivity index (χ0) is 11.2. The van der Waals surface area contributed by atoms with E-state index in [-0.39, 0.29) is 0 Å². The molecule has 2 heteroatoms. The summed E-state index contributed by atoms with van der Waals surface area (Å²) in [5.41, 5.74) is 2.71. The van der Waals surface area contributed by atoms with E-state index in [0.717, 1.165) is 11.5 Å². The van der Waals surface area contributed by atoms with Crippen molar-refractivity contribution in [2.24, 2.45) is 0 Å². The van der Waals surface area contributed by atoms with Gasteiger partial charge in [0.15, 0.2) is 0 Å². The van der Waals surface area contributed by atoms with Crippen molar-refractivity contribution >= 4 is 24.4 Å². The molecule has 0 N–H and O–H groups in total. The number of hydrogen-bond donors (Lipinski definition) is 1. The Labute approximate surface area is 106 Å². The predicted molar refractivity (Wildman–Crippen MR) is 75.1 cm³/mol. The van der Waals surface area contributed by atoms with Crippen LogP contribution < -0.4 is 0 Å². The average molecular weight is 246 g/mol. The lowest BCUT2D eigenvalue weighted by Gasteiger charge is -2.06. The van der Waals surface area contributed by atoms with Crippen molar-refractivity contribution in [2.75, 3.05) is 0 Å². The highest BCUT2D eigenvalue weighted by Crippen LogP contribution is 2.24. The summed E-state index contributed by atoms with van der Waals surface area (Å²) in [6.45, 7) is 0. The Kier molecular flexibility index (Phi) is 4.37. The summed E-state index contributed by atoms with van der Waals surface area (Å²) < 4.78 is 0. The van der Waals surface area contributed by atoms with Gasteiger partial charge in [0, 0.05) is 16.4 Å². The van der Waals surface area contributed by atoms with Crippen LogP contribution in [0.5, 0.6) is 0 Å². The molecular formula is C14H14S2. The second kappa shape index (κ2) is 6.02. The van der Waals surface area contributed by atoms with Gasteiger partial charge in [-0.05, 0) is 23.3 Å². The molecule has 0 unspecified atom stereocenters. The zero-order valence-corrected chi connectivity index (χ0v) is 10.7. The van der Waals surface area contributed by atoms with Crippen molar-refractivity contribution in [3.8, 4) is 0 Å². The first-order valence-electron chi connectivity index (χ1n) is 5.25. The molecule has 2 aromatic rings. The summed E-state index contributed by atoms with van der Waals surface area (Å²) in [6, 6.07) is 19.0. The topological polar surface area (TPSA) is 0 Å². The first kappa shape index (κ1) is 11.6. The summed E-state index contributed by atoms with van der Waals surface area (Å²) in [5.74, 6) is 1.83. The Morgan fingerprint density at radius 1 is 0.812 bits per heavy atom. The Morgan fingerprint density at radius 3 is 2.12 bits per heavy atom.